The lowest BCUT2D eigenvalue weighted by atomic mass is 9.84. The van der Waals surface area contributed by atoms with Crippen LogP contribution in [0, 0.1) is 0 Å². The number of fused-ring (bicyclic) bond motifs is 6. The van der Waals surface area contributed by atoms with Crippen molar-refractivity contribution in [3.05, 3.63) is 158 Å². The molecule has 0 fully saturated rings. The molecule has 0 aliphatic carbocycles. The van der Waals surface area contributed by atoms with Crippen molar-refractivity contribution in [2.75, 3.05) is 0 Å². The molecular formula is C42H26O. The predicted octanol–water partition coefficient (Wildman–Crippen LogP) is 12.0. The van der Waals surface area contributed by atoms with E-state index in [2.05, 4.69) is 6.07 Å². The first-order chi connectivity index (χ1) is 24.3. The standard InChI is InChI=1S/C42H26O/c1-3-12-27(13-4-1)31-22-23-34-36(24-31)40(28-14-5-2-6-15-28)32-18-9-10-19-33(32)41(34)35-20-11-21-38-42(35)37-25-29-16-7-8-17-30(29)26-39(37)43-38/h1-26H/i9D,10D,18D,19D,22D,23D,24D. The summed E-state index contributed by atoms with van der Waals surface area (Å²) in [4.78, 5) is 0. The van der Waals surface area contributed by atoms with E-state index in [0.29, 0.717) is 44.4 Å². The molecule has 0 atom stereocenters. The normalized spacial score (nSPS) is 14.0. The Labute approximate surface area is 259 Å². The molecule has 1 nitrogen and oxygen atoms in total. The van der Waals surface area contributed by atoms with Crippen LogP contribution in [0.2, 0.25) is 0 Å². The third-order valence-electron chi connectivity index (χ3n) is 8.26. The Morgan fingerprint density at radius 3 is 1.86 bits per heavy atom. The summed E-state index contributed by atoms with van der Waals surface area (Å²) in [6.07, 6.45) is 0. The molecule has 0 saturated heterocycles. The Morgan fingerprint density at radius 2 is 1.09 bits per heavy atom. The Kier molecular flexibility index (Phi) is 3.95. The van der Waals surface area contributed by atoms with Crippen LogP contribution in [0.25, 0.3) is 87.6 Å². The highest BCUT2D eigenvalue weighted by Gasteiger charge is 2.21. The van der Waals surface area contributed by atoms with Gasteiger partial charge < -0.3 is 4.42 Å². The first-order valence-corrected chi connectivity index (χ1v) is 14.2. The van der Waals surface area contributed by atoms with Crippen LogP contribution in [0.4, 0.5) is 0 Å². The lowest BCUT2D eigenvalue weighted by molar-refractivity contribution is 0.669. The first kappa shape index (κ1) is 18.0. The van der Waals surface area contributed by atoms with Gasteiger partial charge in [-0.25, -0.2) is 0 Å². The van der Waals surface area contributed by atoms with Gasteiger partial charge in [-0.05, 0) is 89.9 Å². The number of hydrogen-bond acceptors (Lipinski definition) is 1. The Balaban J connectivity index is 1.60. The van der Waals surface area contributed by atoms with Gasteiger partial charge in [-0.3, -0.25) is 0 Å². The van der Waals surface area contributed by atoms with Gasteiger partial charge in [0.1, 0.15) is 11.2 Å². The van der Waals surface area contributed by atoms with Crippen molar-refractivity contribution in [2.45, 2.75) is 0 Å². The molecule has 0 radical (unpaired) electrons. The minimum absolute atomic E-state index is 0.0110. The second kappa shape index (κ2) is 9.44. The summed E-state index contributed by atoms with van der Waals surface area (Å²) < 4.78 is 71.6. The smallest absolute Gasteiger partial charge is 0.136 e. The van der Waals surface area contributed by atoms with Crippen molar-refractivity contribution in [1.29, 1.82) is 0 Å². The topological polar surface area (TPSA) is 13.1 Å². The molecule has 1 aromatic heterocycles. The van der Waals surface area contributed by atoms with Crippen LogP contribution in [0.15, 0.2) is 162 Å². The van der Waals surface area contributed by atoms with Gasteiger partial charge in [0.05, 0.1) is 9.60 Å². The van der Waals surface area contributed by atoms with Gasteiger partial charge in [-0.2, -0.15) is 0 Å². The van der Waals surface area contributed by atoms with Crippen molar-refractivity contribution in [1.82, 2.24) is 0 Å². The van der Waals surface area contributed by atoms with E-state index in [-0.39, 0.29) is 58.0 Å². The zero-order chi connectivity index (χ0) is 34.4. The highest BCUT2D eigenvalue weighted by Crippen LogP contribution is 2.47. The molecule has 0 spiro atoms. The Bertz CT molecular complexity index is 2880. The molecule has 1 heteroatoms. The monoisotopic (exact) mass is 553 g/mol. The van der Waals surface area contributed by atoms with Crippen molar-refractivity contribution in [2.24, 2.45) is 0 Å². The highest BCUT2D eigenvalue weighted by molar-refractivity contribution is 6.26. The third-order valence-corrected chi connectivity index (χ3v) is 8.26. The molecular weight excluding hydrogens is 520 g/mol. The lowest BCUT2D eigenvalue weighted by Gasteiger charge is -2.19. The van der Waals surface area contributed by atoms with Gasteiger partial charge in [-0.15, -0.1) is 0 Å². The SMILES string of the molecule is [2H]c1c([2H])c([2H])c2c(-c3cccc4oc5cc6ccccc6cc5c34)c3c([2H])c([2H])c(-c4ccccc4)c([2H])c3c(-c3ccccc3)c2c1[2H]. The predicted molar refractivity (Wildman–Crippen MR) is 183 cm³/mol. The van der Waals surface area contributed by atoms with E-state index >= 15 is 0 Å². The molecule has 0 bridgehead atoms. The molecule has 1 heterocycles. The van der Waals surface area contributed by atoms with E-state index < -0.39 is 6.04 Å². The average molecular weight is 554 g/mol. The third kappa shape index (κ3) is 3.72. The molecule has 9 rings (SSSR count). The first-order valence-electron chi connectivity index (χ1n) is 17.7. The Hall–Kier alpha value is -5.66. The molecule has 9 aromatic rings. The van der Waals surface area contributed by atoms with E-state index in [0.717, 1.165) is 21.5 Å². The van der Waals surface area contributed by atoms with E-state index in [1.165, 1.54) is 0 Å². The van der Waals surface area contributed by atoms with Crippen molar-refractivity contribution >= 4 is 54.3 Å². The molecule has 0 aliphatic rings. The van der Waals surface area contributed by atoms with E-state index in [1.54, 1.807) is 0 Å². The van der Waals surface area contributed by atoms with Crippen molar-refractivity contribution in [3.63, 3.8) is 0 Å². The van der Waals surface area contributed by atoms with Crippen LogP contribution in [-0.4, -0.2) is 0 Å². The zero-order valence-electron chi connectivity index (χ0n) is 29.9. The summed E-state index contributed by atoms with van der Waals surface area (Å²) in [7, 11) is 0. The molecule has 0 saturated carbocycles. The molecule has 8 aromatic carbocycles. The molecule has 0 aliphatic heterocycles. The van der Waals surface area contributed by atoms with Crippen molar-refractivity contribution < 1.29 is 14.0 Å². The van der Waals surface area contributed by atoms with E-state index in [4.69, 9.17) is 7.16 Å². The van der Waals surface area contributed by atoms with Crippen LogP contribution < -0.4 is 0 Å². The molecule has 0 amide bonds. The summed E-state index contributed by atoms with van der Waals surface area (Å²) in [5, 5.41) is 4.65. The number of hydrogen-bond donors (Lipinski definition) is 0. The van der Waals surface area contributed by atoms with Crippen LogP contribution in [0.5, 0.6) is 0 Å². The number of benzene rings is 8. The zero-order valence-corrected chi connectivity index (χ0v) is 22.9. The van der Waals surface area contributed by atoms with Gasteiger partial charge in [-0.1, -0.05) is 133 Å². The fraction of sp³-hybridized carbons (Fsp3) is 0. The van der Waals surface area contributed by atoms with Gasteiger partial charge in [0.25, 0.3) is 0 Å². The second-order valence-electron chi connectivity index (χ2n) is 10.7. The second-order valence-corrected chi connectivity index (χ2v) is 10.7. The summed E-state index contributed by atoms with van der Waals surface area (Å²) in [5.74, 6) is 0. The van der Waals surface area contributed by atoms with Crippen LogP contribution in [-0.2, 0) is 0 Å². The molecule has 200 valence electrons. The van der Waals surface area contributed by atoms with E-state index in [9.17, 15) is 6.85 Å². The lowest BCUT2D eigenvalue weighted by Crippen LogP contribution is -1.92. The average Bonchev–Trinajstić information content (AvgIpc) is 3.51. The van der Waals surface area contributed by atoms with E-state index in [1.807, 2.05) is 109 Å². The minimum atomic E-state index is -0.401. The van der Waals surface area contributed by atoms with Gasteiger partial charge in [0.15, 0.2) is 0 Å². The number of rotatable bonds is 3. The highest BCUT2D eigenvalue weighted by atomic mass is 16.3. The largest absolute Gasteiger partial charge is 0.456 e. The van der Waals surface area contributed by atoms with Gasteiger partial charge >= 0.3 is 0 Å². The van der Waals surface area contributed by atoms with Gasteiger partial charge in [0, 0.05) is 10.8 Å². The fourth-order valence-corrected chi connectivity index (χ4v) is 6.35. The summed E-state index contributed by atoms with van der Waals surface area (Å²) in [6.45, 7) is 0. The van der Waals surface area contributed by atoms with Crippen LogP contribution in [0.3, 0.4) is 0 Å². The van der Waals surface area contributed by atoms with Crippen LogP contribution >= 0.6 is 0 Å². The molecule has 0 unspecified atom stereocenters. The maximum absolute atomic E-state index is 9.80. The quantitative estimate of drug-likeness (QED) is 0.198. The summed E-state index contributed by atoms with van der Waals surface area (Å²) in [6, 6.07) is 34.5. The Morgan fingerprint density at radius 1 is 0.442 bits per heavy atom. The maximum Gasteiger partial charge on any atom is 0.136 e. The fourth-order valence-electron chi connectivity index (χ4n) is 6.35. The van der Waals surface area contributed by atoms with Crippen LogP contribution in [0.1, 0.15) is 9.60 Å². The summed E-state index contributed by atoms with van der Waals surface area (Å²) in [5.41, 5.74) is 4.16. The van der Waals surface area contributed by atoms with Crippen molar-refractivity contribution in [3.8, 4) is 33.4 Å². The number of furan rings is 1. The summed E-state index contributed by atoms with van der Waals surface area (Å²) >= 11 is 0. The minimum Gasteiger partial charge on any atom is -0.456 e. The maximum atomic E-state index is 9.80. The molecule has 0 N–H and O–H groups in total. The van der Waals surface area contributed by atoms with Gasteiger partial charge in [0.2, 0.25) is 0 Å². The molecule has 43 heavy (non-hydrogen) atoms.